The molecule has 3 rings (SSSR count). The number of hydrogen-bond donors (Lipinski definition) is 1. The van der Waals surface area contributed by atoms with E-state index in [1.54, 1.807) is 10.8 Å². The number of aromatic nitrogens is 4. The van der Waals surface area contributed by atoms with Crippen LogP contribution < -0.4 is 5.32 Å². The summed E-state index contributed by atoms with van der Waals surface area (Å²) in [6.07, 6.45) is 2.56. The lowest BCUT2D eigenvalue weighted by molar-refractivity contribution is -0.116. The highest BCUT2D eigenvalue weighted by Gasteiger charge is 2.09. The summed E-state index contributed by atoms with van der Waals surface area (Å²) in [5, 5.41) is 15.8. The largest absolute Gasteiger partial charge is 0.326 e. The first-order valence-corrected chi connectivity index (χ1v) is 7.46. The molecule has 0 fully saturated rings. The molecule has 0 saturated carbocycles. The number of carbonyl (C=O) groups is 1. The highest BCUT2D eigenvalue weighted by molar-refractivity contribution is 7.16. The highest BCUT2D eigenvalue weighted by atomic mass is 32.1. The van der Waals surface area contributed by atoms with Crippen molar-refractivity contribution < 1.29 is 4.79 Å². The molecule has 0 saturated heterocycles. The number of nitrogens with zero attached hydrogens (tertiary/aromatic N) is 4. The average Bonchev–Trinajstić information content (AvgIpc) is 3.01. The van der Waals surface area contributed by atoms with Crippen LogP contribution in [-0.2, 0) is 11.2 Å². The molecule has 0 aliphatic carbocycles. The standard InChI is InChI=1S/C14H15N5OS/c1-9-3-4-10(2)11(7-9)16-12(20)5-6-13-18-19-8-15-17-14(19)21-13/h3-4,7-8H,5-6H2,1-2H3,(H,16,20). The van der Waals surface area contributed by atoms with Crippen LogP contribution in [0.2, 0.25) is 0 Å². The van der Waals surface area contributed by atoms with Crippen LogP contribution in [0.5, 0.6) is 0 Å². The Morgan fingerprint density at radius 1 is 1.38 bits per heavy atom. The molecule has 21 heavy (non-hydrogen) atoms. The third kappa shape index (κ3) is 3.08. The second-order valence-electron chi connectivity index (χ2n) is 4.92. The molecule has 108 valence electrons. The zero-order chi connectivity index (χ0) is 14.8. The van der Waals surface area contributed by atoms with Crippen molar-refractivity contribution in [3.8, 4) is 0 Å². The summed E-state index contributed by atoms with van der Waals surface area (Å²) >= 11 is 1.46. The summed E-state index contributed by atoms with van der Waals surface area (Å²) in [5.41, 5.74) is 3.07. The van der Waals surface area contributed by atoms with E-state index < -0.39 is 0 Å². The molecule has 0 aliphatic rings. The molecule has 7 heteroatoms. The van der Waals surface area contributed by atoms with Crippen molar-refractivity contribution in [2.45, 2.75) is 26.7 Å². The van der Waals surface area contributed by atoms with Gasteiger partial charge in [-0.25, -0.2) is 0 Å². The van der Waals surface area contributed by atoms with E-state index in [1.165, 1.54) is 11.3 Å². The normalized spacial score (nSPS) is 11.0. The molecule has 3 aromatic rings. The number of hydrogen-bond acceptors (Lipinski definition) is 5. The minimum atomic E-state index is -0.00494. The molecular formula is C14H15N5OS. The lowest BCUT2D eigenvalue weighted by Gasteiger charge is -2.08. The summed E-state index contributed by atoms with van der Waals surface area (Å²) in [5.74, 6) is -0.00494. The van der Waals surface area contributed by atoms with Crippen molar-refractivity contribution in [3.05, 3.63) is 40.7 Å². The molecule has 6 nitrogen and oxygen atoms in total. The summed E-state index contributed by atoms with van der Waals surface area (Å²) in [4.78, 5) is 12.8. The minimum absolute atomic E-state index is 0.00494. The van der Waals surface area contributed by atoms with E-state index in [9.17, 15) is 4.79 Å². The fraction of sp³-hybridized carbons (Fsp3) is 0.286. The zero-order valence-electron chi connectivity index (χ0n) is 11.8. The van der Waals surface area contributed by atoms with Gasteiger partial charge in [0.15, 0.2) is 0 Å². The van der Waals surface area contributed by atoms with Gasteiger partial charge in [0.2, 0.25) is 10.9 Å². The SMILES string of the molecule is Cc1ccc(C)c(NC(=O)CCc2nn3cnnc3s2)c1. The van der Waals surface area contributed by atoms with Crippen LogP contribution in [0.15, 0.2) is 24.5 Å². The van der Waals surface area contributed by atoms with Gasteiger partial charge < -0.3 is 5.32 Å². The Bertz CT molecular complexity index is 763. The van der Waals surface area contributed by atoms with E-state index in [-0.39, 0.29) is 5.91 Å². The highest BCUT2D eigenvalue weighted by Crippen LogP contribution is 2.17. The molecule has 2 aromatic heterocycles. The summed E-state index contributed by atoms with van der Waals surface area (Å²) in [6, 6.07) is 6.02. The Morgan fingerprint density at radius 3 is 3.05 bits per heavy atom. The van der Waals surface area contributed by atoms with Gasteiger partial charge in [-0.15, -0.1) is 10.2 Å². The quantitative estimate of drug-likeness (QED) is 0.803. The number of anilines is 1. The maximum Gasteiger partial charge on any atom is 0.234 e. The van der Waals surface area contributed by atoms with E-state index >= 15 is 0 Å². The van der Waals surface area contributed by atoms with Crippen molar-refractivity contribution in [2.24, 2.45) is 0 Å². The number of benzene rings is 1. The van der Waals surface area contributed by atoms with Gasteiger partial charge in [0.1, 0.15) is 11.3 Å². The first-order valence-electron chi connectivity index (χ1n) is 6.64. The second-order valence-corrected chi connectivity index (χ2v) is 5.96. The molecule has 1 N–H and O–H groups in total. The topological polar surface area (TPSA) is 72.2 Å². The van der Waals surface area contributed by atoms with Crippen LogP contribution in [0.3, 0.4) is 0 Å². The van der Waals surface area contributed by atoms with Crippen molar-refractivity contribution in [1.29, 1.82) is 0 Å². The zero-order valence-corrected chi connectivity index (χ0v) is 12.6. The number of carbonyl (C=O) groups excluding carboxylic acids is 1. The molecule has 0 radical (unpaired) electrons. The van der Waals surface area contributed by atoms with Crippen molar-refractivity contribution in [2.75, 3.05) is 5.32 Å². The van der Waals surface area contributed by atoms with Gasteiger partial charge in [-0.05, 0) is 31.0 Å². The number of nitrogens with one attached hydrogen (secondary N) is 1. The molecule has 0 aliphatic heterocycles. The van der Waals surface area contributed by atoms with Crippen LogP contribution >= 0.6 is 11.3 Å². The molecule has 0 atom stereocenters. The number of aryl methyl sites for hydroxylation is 3. The fourth-order valence-corrected chi connectivity index (χ4v) is 2.82. The average molecular weight is 301 g/mol. The Morgan fingerprint density at radius 2 is 2.24 bits per heavy atom. The van der Waals surface area contributed by atoms with Crippen molar-refractivity contribution in [1.82, 2.24) is 19.8 Å². The van der Waals surface area contributed by atoms with Crippen molar-refractivity contribution >= 4 is 27.9 Å². The lowest BCUT2D eigenvalue weighted by Crippen LogP contribution is -2.13. The third-order valence-corrected chi connectivity index (χ3v) is 4.13. The van der Waals surface area contributed by atoms with Crippen molar-refractivity contribution in [3.63, 3.8) is 0 Å². The maximum absolute atomic E-state index is 12.0. The van der Waals surface area contributed by atoms with Gasteiger partial charge in [-0.2, -0.15) is 9.61 Å². The van der Waals surface area contributed by atoms with Crippen LogP contribution in [0, 0.1) is 13.8 Å². The predicted molar refractivity (Wildman–Crippen MR) is 81.5 cm³/mol. The number of amides is 1. The molecule has 2 heterocycles. The molecule has 0 bridgehead atoms. The van der Waals surface area contributed by atoms with Gasteiger partial charge in [-0.1, -0.05) is 23.5 Å². The van der Waals surface area contributed by atoms with Crippen LogP contribution in [0.1, 0.15) is 22.6 Å². The lowest BCUT2D eigenvalue weighted by atomic mass is 10.1. The monoisotopic (exact) mass is 301 g/mol. The van der Waals surface area contributed by atoms with Gasteiger partial charge in [-0.3, -0.25) is 4.79 Å². The van der Waals surface area contributed by atoms with E-state index in [1.807, 2.05) is 32.0 Å². The van der Waals surface area contributed by atoms with Gasteiger partial charge in [0.25, 0.3) is 0 Å². The molecular weight excluding hydrogens is 286 g/mol. The first-order chi connectivity index (χ1) is 10.1. The Labute approximate surface area is 125 Å². The van der Waals surface area contributed by atoms with Gasteiger partial charge in [0, 0.05) is 18.5 Å². The molecule has 1 aromatic carbocycles. The van der Waals surface area contributed by atoms with Gasteiger partial charge in [0.05, 0.1) is 0 Å². The molecule has 0 spiro atoms. The van der Waals surface area contributed by atoms with E-state index in [2.05, 4.69) is 20.6 Å². The summed E-state index contributed by atoms with van der Waals surface area (Å²) in [6.45, 7) is 3.99. The number of rotatable bonds is 4. The minimum Gasteiger partial charge on any atom is -0.326 e. The molecule has 1 amide bonds. The fourth-order valence-electron chi connectivity index (χ4n) is 2.01. The Kier molecular flexibility index (Phi) is 3.66. The number of fused-ring (bicyclic) bond motifs is 1. The maximum atomic E-state index is 12.0. The van der Waals surface area contributed by atoms with Crippen LogP contribution in [0.4, 0.5) is 5.69 Å². The van der Waals surface area contributed by atoms with E-state index in [0.717, 1.165) is 26.8 Å². The van der Waals surface area contributed by atoms with Crippen LogP contribution in [-0.4, -0.2) is 25.7 Å². The van der Waals surface area contributed by atoms with Crippen LogP contribution in [0.25, 0.3) is 4.96 Å². The summed E-state index contributed by atoms with van der Waals surface area (Å²) < 4.78 is 1.63. The second kappa shape index (κ2) is 5.61. The predicted octanol–water partition coefficient (Wildman–Crippen LogP) is 2.37. The van der Waals surface area contributed by atoms with E-state index in [0.29, 0.717) is 12.8 Å². The van der Waals surface area contributed by atoms with Gasteiger partial charge >= 0.3 is 0 Å². The first kappa shape index (κ1) is 13.7. The Hall–Kier alpha value is -2.28. The smallest absolute Gasteiger partial charge is 0.234 e. The van der Waals surface area contributed by atoms with E-state index in [4.69, 9.17) is 0 Å². The summed E-state index contributed by atoms with van der Waals surface area (Å²) in [7, 11) is 0. The molecule has 0 unspecified atom stereocenters. The third-order valence-electron chi connectivity index (χ3n) is 3.16. The Balaban J connectivity index is 1.61.